The van der Waals surface area contributed by atoms with Gasteiger partial charge in [0.1, 0.15) is 0 Å². The van der Waals surface area contributed by atoms with Gasteiger partial charge < -0.3 is 15.3 Å². The molecule has 3 fully saturated rings. The monoisotopic (exact) mass is 266 g/mol. The molecule has 106 valence electrons. The lowest BCUT2D eigenvalue weighted by atomic mass is 9.85. The first-order valence-electron chi connectivity index (χ1n) is 7.40. The molecule has 1 amide bonds. The average Bonchev–Trinajstić information content (AvgIpc) is 2.75. The number of nitrogens with zero attached hydrogens (tertiary/aromatic N) is 1. The second kappa shape index (κ2) is 5.12. The summed E-state index contributed by atoms with van der Waals surface area (Å²) < 4.78 is 0. The molecule has 0 aromatic heterocycles. The fourth-order valence-electron chi connectivity index (χ4n) is 3.86. The van der Waals surface area contributed by atoms with E-state index in [-0.39, 0.29) is 24.3 Å². The van der Waals surface area contributed by atoms with Crippen molar-refractivity contribution in [2.45, 2.75) is 50.6 Å². The van der Waals surface area contributed by atoms with Crippen molar-refractivity contribution in [1.82, 2.24) is 10.2 Å². The molecule has 1 aliphatic carbocycles. The molecule has 3 aliphatic rings. The van der Waals surface area contributed by atoms with Crippen molar-refractivity contribution in [2.75, 3.05) is 13.1 Å². The first kappa shape index (κ1) is 12.9. The Morgan fingerprint density at radius 3 is 2.63 bits per heavy atom. The minimum Gasteiger partial charge on any atom is -0.481 e. The van der Waals surface area contributed by atoms with Gasteiger partial charge in [-0.05, 0) is 25.2 Å². The fourth-order valence-corrected chi connectivity index (χ4v) is 3.86. The number of carboxylic acids is 1. The molecule has 2 saturated heterocycles. The number of carboxylic acid groups (broad SMARTS) is 1. The van der Waals surface area contributed by atoms with Crippen LogP contribution in [0.1, 0.15) is 38.5 Å². The average molecular weight is 266 g/mol. The van der Waals surface area contributed by atoms with Crippen LogP contribution < -0.4 is 5.32 Å². The van der Waals surface area contributed by atoms with Crippen molar-refractivity contribution in [3.8, 4) is 0 Å². The molecule has 2 heterocycles. The summed E-state index contributed by atoms with van der Waals surface area (Å²) in [6.07, 6.45) is 6.20. The third-order valence-corrected chi connectivity index (χ3v) is 4.89. The van der Waals surface area contributed by atoms with Crippen molar-refractivity contribution in [1.29, 1.82) is 0 Å². The summed E-state index contributed by atoms with van der Waals surface area (Å²) in [6, 6.07) is 0.526. The van der Waals surface area contributed by atoms with E-state index in [1.54, 1.807) is 0 Å². The number of carbonyl (C=O) groups excluding carboxylic acids is 1. The highest BCUT2D eigenvalue weighted by molar-refractivity contribution is 5.83. The third kappa shape index (κ3) is 2.61. The van der Waals surface area contributed by atoms with E-state index in [9.17, 15) is 9.59 Å². The van der Waals surface area contributed by atoms with E-state index in [1.807, 2.05) is 4.90 Å². The number of carbonyl (C=O) groups is 2. The molecule has 5 heteroatoms. The first-order chi connectivity index (χ1) is 9.13. The summed E-state index contributed by atoms with van der Waals surface area (Å²) in [5.41, 5.74) is 0. The van der Waals surface area contributed by atoms with Crippen LogP contribution in [-0.2, 0) is 9.59 Å². The molecule has 0 aromatic carbocycles. The maximum Gasteiger partial charge on any atom is 0.303 e. The number of hydrogen-bond acceptors (Lipinski definition) is 3. The Morgan fingerprint density at radius 1 is 1.21 bits per heavy atom. The maximum atomic E-state index is 12.3. The van der Waals surface area contributed by atoms with E-state index in [0.717, 1.165) is 6.42 Å². The van der Waals surface area contributed by atoms with Gasteiger partial charge >= 0.3 is 5.97 Å². The van der Waals surface area contributed by atoms with Crippen LogP contribution in [0, 0.1) is 11.8 Å². The first-order valence-corrected chi connectivity index (χ1v) is 7.40. The molecule has 3 atom stereocenters. The van der Waals surface area contributed by atoms with Crippen LogP contribution >= 0.6 is 0 Å². The molecule has 2 N–H and O–H groups in total. The topological polar surface area (TPSA) is 69.6 Å². The number of amides is 1. The van der Waals surface area contributed by atoms with E-state index in [4.69, 9.17) is 5.11 Å². The van der Waals surface area contributed by atoms with Crippen molar-refractivity contribution < 1.29 is 14.7 Å². The molecule has 19 heavy (non-hydrogen) atoms. The van der Waals surface area contributed by atoms with Crippen LogP contribution in [0.3, 0.4) is 0 Å². The minimum absolute atomic E-state index is 0.0149. The molecule has 3 rings (SSSR count). The van der Waals surface area contributed by atoms with Crippen molar-refractivity contribution in [3.63, 3.8) is 0 Å². The van der Waals surface area contributed by atoms with Crippen LogP contribution in [0.4, 0.5) is 0 Å². The lowest BCUT2D eigenvalue weighted by molar-refractivity contribution is -0.146. The summed E-state index contributed by atoms with van der Waals surface area (Å²) in [6.45, 7) is 1.25. The van der Waals surface area contributed by atoms with Gasteiger partial charge in [-0.1, -0.05) is 12.8 Å². The lowest BCUT2D eigenvalue weighted by Gasteiger charge is -2.40. The van der Waals surface area contributed by atoms with E-state index < -0.39 is 5.97 Å². The third-order valence-electron chi connectivity index (χ3n) is 4.89. The lowest BCUT2D eigenvalue weighted by Crippen LogP contribution is -2.55. The summed E-state index contributed by atoms with van der Waals surface area (Å²) in [4.78, 5) is 24.7. The Kier molecular flexibility index (Phi) is 3.48. The van der Waals surface area contributed by atoms with Crippen molar-refractivity contribution in [2.24, 2.45) is 11.8 Å². The molecular formula is C14H22N2O3. The largest absolute Gasteiger partial charge is 0.481 e. The number of hydrogen-bond donors (Lipinski definition) is 2. The van der Waals surface area contributed by atoms with Crippen LogP contribution in [0.25, 0.3) is 0 Å². The standard InChI is InChI=1S/C14H22N2O3/c17-13(18)5-9-7-16(8-9)14(19)12-6-10-3-1-2-4-11(10)15-12/h9-12,15H,1-8H2,(H,17,18). The zero-order chi connectivity index (χ0) is 13.4. The van der Waals surface area contributed by atoms with Crippen LogP contribution in [0.5, 0.6) is 0 Å². The second-order valence-electron chi connectivity index (χ2n) is 6.31. The number of nitrogens with one attached hydrogen (secondary N) is 1. The summed E-state index contributed by atoms with van der Waals surface area (Å²) >= 11 is 0. The van der Waals surface area contributed by atoms with Gasteiger partial charge in [-0.3, -0.25) is 9.59 Å². The smallest absolute Gasteiger partial charge is 0.303 e. The van der Waals surface area contributed by atoms with E-state index >= 15 is 0 Å². The maximum absolute atomic E-state index is 12.3. The molecule has 0 radical (unpaired) electrons. The van der Waals surface area contributed by atoms with Crippen molar-refractivity contribution >= 4 is 11.9 Å². The quantitative estimate of drug-likeness (QED) is 0.794. The van der Waals surface area contributed by atoms with Gasteiger partial charge in [0, 0.05) is 25.0 Å². The number of rotatable bonds is 3. The molecule has 5 nitrogen and oxygen atoms in total. The highest BCUT2D eigenvalue weighted by Crippen LogP contribution is 2.34. The summed E-state index contributed by atoms with van der Waals surface area (Å²) in [7, 11) is 0. The van der Waals surface area contributed by atoms with Gasteiger partial charge in [-0.25, -0.2) is 0 Å². The van der Waals surface area contributed by atoms with Gasteiger partial charge in [0.2, 0.25) is 5.91 Å². The molecular weight excluding hydrogens is 244 g/mol. The Bertz CT molecular complexity index is 365. The molecule has 1 saturated carbocycles. The Labute approximate surface area is 113 Å². The Morgan fingerprint density at radius 2 is 1.95 bits per heavy atom. The molecule has 0 spiro atoms. The summed E-state index contributed by atoms with van der Waals surface area (Å²) in [5.74, 6) is 0.266. The highest BCUT2D eigenvalue weighted by Gasteiger charge is 2.42. The van der Waals surface area contributed by atoms with E-state index in [0.29, 0.717) is 25.0 Å². The SMILES string of the molecule is O=C(O)CC1CN(C(=O)C2CC3CCCCC3N2)C1. The molecule has 3 unspecified atom stereocenters. The van der Waals surface area contributed by atoms with Crippen LogP contribution in [-0.4, -0.2) is 47.1 Å². The number of fused-ring (bicyclic) bond motifs is 1. The predicted molar refractivity (Wildman–Crippen MR) is 69.6 cm³/mol. The van der Waals surface area contributed by atoms with E-state index in [1.165, 1.54) is 25.7 Å². The molecule has 0 bridgehead atoms. The zero-order valence-electron chi connectivity index (χ0n) is 11.2. The summed E-state index contributed by atoms with van der Waals surface area (Å²) in [5, 5.41) is 12.2. The van der Waals surface area contributed by atoms with Gasteiger partial charge in [0.25, 0.3) is 0 Å². The predicted octanol–water partition coefficient (Wildman–Crippen LogP) is 0.840. The Balaban J connectivity index is 1.48. The Hall–Kier alpha value is -1.10. The second-order valence-corrected chi connectivity index (χ2v) is 6.31. The van der Waals surface area contributed by atoms with Crippen LogP contribution in [0.15, 0.2) is 0 Å². The number of likely N-dealkylation sites (tertiary alicyclic amines) is 1. The van der Waals surface area contributed by atoms with Gasteiger partial charge in [-0.2, -0.15) is 0 Å². The molecule has 2 aliphatic heterocycles. The van der Waals surface area contributed by atoms with Crippen LogP contribution in [0.2, 0.25) is 0 Å². The van der Waals surface area contributed by atoms with Crippen molar-refractivity contribution in [3.05, 3.63) is 0 Å². The number of aliphatic carboxylic acids is 1. The van der Waals surface area contributed by atoms with Gasteiger partial charge in [0.15, 0.2) is 0 Å². The van der Waals surface area contributed by atoms with E-state index in [2.05, 4.69) is 5.32 Å². The molecule has 0 aromatic rings. The van der Waals surface area contributed by atoms with Gasteiger partial charge in [0.05, 0.1) is 12.5 Å². The highest BCUT2D eigenvalue weighted by atomic mass is 16.4. The fraction of sp³-hybridized carbons (Fsp3) is 0.857. The normalized spacial score (nSPS) is 34.7. The zero-order valence-corrected chi connectivity index (χ0v) is 11.2. The minimum atomic E-state index is -0.762. The van der Waals surface area contributed by atoms with Gasteiger partial charge in [-0.15, -0.1) is 0 Å².